The van der Waals surface area contributed by atoms with E-state index in [9.17, 15) is 8.78 Å². The van der Waals surface area contributed by atoms with Crippen molar-refractivity contribution in [1.82, 2.24) is 14.6 Å². The number of alkyl halides is 2. The van der Waals surface area contributed by atoms with Crippen LogP contribution in [0.2, 0.25) is 0 Å². The third-order valence-corrected chi connectivity index (χ3v) is 2.34. The van der Waals surface area contributed by atoms with Gasteiger partial charge in [-0.25, -0.2) is 18.3 Å². The summed E-state index contributed by atoms with van der Waals surface area (Å²) in [6, 6.07) is 1.40. The van der Waals surface area contributed by atoms with Crippen LogP contribution in [0, 0.1) is 0 Å². The molecule has 0 radical (unpaired) electrons. The molecule has 0 N–H and O–H groups in total. The van der Waals surface area contributed by atoms with Crippen LogP contribution in [0.1, 0.15) is 37.3 Å². The fraction of sp³-hybridized carbons (Fsp3) is 0.400. The van der Waals surface area contributed by atoms with E-state index in [1.165, 1.54) is 16.9 Å². The van der Waals surface area contributed by atoms with E-state index in [1.807, 2.05) is 13.8 Å². The predicted molar refractivity (Wildman–Crippen MR) is 52.0 cm³/mol. The zero-order valence-electron chi connectivity index (χ0n) is 8.48. The van der Waals surface area contributed by atoms with E-state index in [2.05, 4.69) is 10.1 Å². The molecule has 0 fully saturated rings. The van der Waals surface area contributed by atoms with Crippen LogP contribution in [0.25, 0.3) is 5.65 Å². The van der Waals surface area contributed by atoms with Gasteiger partial charge in [-0.1, -0.05) is 13.8 Å². The fourth-order valence-electron chi connectivity index (χ4n) is 1.56. The normalized spacial score (nSPS) is 11.9. The number of nitrogens with zero attached hydrogens (tertiary/aromatic N) is 3. The molecule has 0 amide bonds. The molecule has 2 heterocycles. The number of hydrogen-bond acceptors (Lipinski definition) is 2. The van der Waals surface area contributed by atoms with Crippen LogP contribution in [0.5, 0.6) is 0 Å². The first kappa shape index (κ1) is 10.0. The van der Waals surface area contributed by atoms with Crippen LogP contribution in [-0.4, -0.2) is 14.6 Å². The molecule has 0 saturated carbocycles. The highest BCUT2D eigenvalue weighted by molar-refractivity contribution is 5.44. The van der Waals surface area contributed by atoms with Crippen molar-refractivity contribution < 1.29 is 8.78 Å². The van der Waals surface area contributed by atoms with Crippen LogP contribution in [0.15, 0.2) is 18.6 Å². The van der Waals surface area contributed by atoms with Gasteiger partial charge >= 0.3 is 0 Å². The lowest BCUT2D eigenvalue weighted by Crippen LogP contribution is -2.01. The molecule has 2 aromatic heterocycles. The highest BCUT2D eigenvalue weighted by Gasteiger charge is 2.17. The lowest BCUT2D eigenvalue weighted by Gasteiger charge is -2.11. The topological polar surface area (TPSA) is 30.2 Å². The average molecular weight is 211 g/mol. The van der Waals surface area contributed by atoms with E-state index in [0.29, 0.717) is 11.2 Å². The van der Waals surface area contributed by atoms with Gasteiger partial charge in [0.05, 0.1) is 0 Å². The monoisotopic (exact) mass is 211 g/mol. The second-order valence-electron chi connectivity index (χ2n) is 3.70. The molecule has 2 rings (SSSR count). The minimum Gasteiger partial charge on any atom is -0.221 e. The molecular weight excluding hydrogens is 200 g/mol. The number of aromatic nitrogens is 3. The molecular formula is C10H11F2N3. The second-order valence-corrected chi connectivity index (χ2v) is 3.70. The van der Waals surface area contributed by atoms with Crippen LogP contribution < -0.4 is 0 Å². The predicted octanol–water partition coefficient (Wildman–Crippen LogP) is 2.79. The molecule has 2 aromatic rings. The van der Waals surface area contributed by atoms with Gasteiger partial charge in [0.15, 0.2) is 5.65 Å². The smallest absolute Gasteiger partial charge is 0.221 e. The van der Waals surface area contributed by atoms with Gasteiger partial charge in [0, 0.05) is 11.8 Å². The SMILES string of the molecule is CC(C)c1cn2ncnc2cc1C(F)F. The Morgan fingerprint density at radius 2 is 2.00 bits per heavy atom. The van der Waals surface area contributed by atoms with Crippen molar-refractivity contribution in [2.75, 3.05) is 0 Å². The first-order valence-electron chi connectivity index (χ1n) is 4.71. The van der Waals surface area contributed by atoms with Crippen molar-refractivity contribution >= 4 is 5.65 Å². The molecule has 0 spiro atoms. The van der Waals surface area contributed by atoms with Crippen molar-refractivity contribution in [3.8, 4) is 0 Å². The fourth-order valence-corrected chi connectivity index (χ4v) is 1.56. The first-order valence-corrected chi connectivity index (χ1v) is 4.71. The quantitative estimate of drug-likeness (QED) is 0.764. The van der Waals surface area contributed by atoms with Crippen LogP contribution in [0.3, 0.4) is 0 Å². The van der Waals surface area contributed by atoms with Gasteiger partial charge in [0.1, 0.15) is 6.33 Å². The highest BCUT2D eigenvalue weighted by Crippen LogP contribution is 2.28. The molecule has 3 nitrogen and oxygen atoms in total. The Morgan fingerprint density at radius 1 is 1.27 bits per heavy atom. The molecule has 0 aliphatic carbocycles. The number of halogens is 2. The maximum absolute atomic E-state index is 12.8. The van der Waals surface area contributed by atoms with Crippen molar-refractivity contribution in [3.05, 3.63) is 29.7 Å². The van der Waals surface area contributed by atoms with E-state index < -0.39 is 6.43 Å². The van der Waals surface area contributed by atoms with Gasteiger partial charge in [-0.2, -0.15) is 5.10 Å². The lowest BCUT2D eigenvalue weighted by atomic mass is 10.00. The third kappa shape index (κ3) is 1.69. The Hall–Kier alpha value is -1.52. The zero-order valence-corrected chi connectivity index (χ0v) is 8.48. The van der Waals surface area contributed by atoms with Gasteiger partial charge in [0.2, 0.25) is 0 Å². The third-order valence-electron chi connectivity index (χ3n) is 2.34. The maximum atomic E-state index is 12.8. The largest absolute Gasteiger partial charge is 0.264 e. The molecule has 0 bridgehead atoms. The maximum Gasteiger partial charge on any atom is 0.264 e. The van der Waals surface area contributed by atoms with E-state index in [4.69, 9.17) is 0 Å². The van der Waals surface area contributed by atoms with Gasteiger partial charge in [-0.05, 0) is 17.5 Å². The van der Waals surface area contributed by atoms with E-state index in [0.717, 1.165) is 0 Å². The molecule has 80 valence electrons. The summed E-state index contributed by atoms with van der Waals surface area (Å²) >= 11 is 0. The van der Waals surface area contributed by atoms with Crippen LogP contribution in [0.4, 0.5) is 8.78 Å². The average Bonchev–Trinajstić information content (AvgIpc) is 2.61. The number of pyridine rings is 1. The molecule has 0 aliphatic rings. The van der Waals surface area contributed by atoms with Gasteiger partial charge in [-0.3, -0.25) is 0 Å². The van der Waals surface area contributed by atoms with E-state index in [-0.39, 0.29) is 11.5 Å². The molecule has 0 unspecified atom stereocenters. The molecule has 0 saturated heterocycles. The summed E-state index contributed by atoms with van der Waals surface area (Å²) in [5, 5.41) is 3.92. The highest BCUT2D eigenvalue weighted by atomic mass is 19.3. The minimum atomic E-state index is -2.47. The summed E-state index contributed by atoms with van der Waals surface area (Å²) in [5.41, 5.74) is 1.11. The summed E-state index contributed by atoms with van der Waals surface area (Å²) in [5.74, 6) is 0.0441. The first-order chi connectivity index (χ1) is 7.09. The number of hydrogen-bond donors (Lipinski definition) is 0. The summed E-state index contributed by atoms with van der Waals surface area (Å²) in [6.07, 6.45) is 0.507. The van der Waals surface area contributed by atoms with Gasteiger partial charge in [0.25, 0.3) is 6.43 Å². The molecule has 5 heteroatoms. The van der Waals surface area contributed by atoms with Crippen molar-refractivity contribution in [3.63, 3.8) is 0 Å². The Balaban J connectivity index is 2.68. The molecule has 0 atom stereocenters. The van der Waals surface area contributed by atoms with Crippen molar-refractivity contribution in [2.45, 2.75) is 26.2 Å². The Kier molecular flexibility index (Phi) is 2.38. The zero-order chi connectivity index (χ0) is 11.0. The van der Waals surface area contributed by atoms with Crippen molar-refractivity contribution in [1.29, 1.82) is 0 Å². The molecule has 0 aromatic carbocycles. The summed E-state index contributed by atoms with van der Waals surface area (Å²) in [7, 11) is 0. The minimum absolute atomic E-state index is 0.0441. The van der Waals surface area contributed by atoms with E-state index in [1.54, 1.807) is 6.20 Å². The Morgan fingerprint density at radius 3 is 2.60 bits per heavy atom. The second kappa shape index (κ2) is 3.56. The van der Waals surface area contributed by atoms with Gasteiger partial charge in [-0.15, -0.1) is 0 Å². The lowest BCUT2D eigenvalue weighted by molar-refractivity contribution is 0.150. The number of rotatable bonds is 2. The van der Waals surface area contributed by atoms with Crippen LogP contribution in [-0.2, 0) is 0 Å². The molecule has 15 heavy (non-hydrogen) atoms. The molecule has 0 aliphatic heterocycles. The number of fused-ring (bicyclic) bond motifs is 1. The summed E-state index contributed by atoms with van der Waals surface area (Å²) in [4.78, 5) is 3.88. The summed E-state index contributed by atoms with van der Waals surface area (Å²) in [6.45, 7) is 3.76. The van der Waals surface area contributed by atoms with E-state index >= 15 is 0 Å². The standard InChI is InChI=1S/C10H11F2N3/c1-6(2)8-4-15-9(13-5-14-15)3-7(8)10(11)12/h3-6,10H,1-2H3. The Labute approximate surface area is 85.7 Å². The van der Waals surface area contributed by atoms with Crippen molar-refractivity contribution in [2.24, 2.45) is 0 Å². The summed E-state index contributed by atoms with van der Waals surface area (Å²) < 4.78 is 27.0. The Bertz CT molecular complexity index is 434. The van der Waals surface area contributed by atoms with Gasteiger partial charge < -0.3 is 0 Å². The van der Waals surface area contributed by atoms with Crippen LogP contribution >= 0.6 is 0 Å².